The first-order chi connectivity index (χ1) is 4.47. The molecule has 0 saturated heterocycles. The third kappa shape index (κ3) is 0.821. The molecule has 0 aromatic heterocycles. The fourth-order valence-electron chi connectivity index (χ4n) is 0.895. The van der Waals surface area contributed by atoms with Gasteiger partial charge < -0.3 is 0 Å². The van der Waals surface area contributed by atoms with E-state index in [4.69, 9.17) is 0 Å². The molecular weight excluding hydrogens is 132 g/mol. The summed E-state index contributed by atoms with van der Waals surface area (Å²) >= 11 is 1.82. The fraction of sp³-hybridized carbons (Fsp3) is 0.167. The molecule has 0 aromatic rings. The molecule has 0 amide bonds. The highest BCUT2D eigenvalue weighted by Gasteiger charge is 2.17. The molecule has 2 nitrogen and oxygen atoms in total. The third-order valence-corrected chi connectivity index (χ3v) is 2.20. The van der Waals surface area contributed by atoms with Crippen molar-refractivity contribution >= 4 is 18.1 Å². The van der Waals surface area contributed by atoms with Crippen LogP contribution in [0.5, 0.6) is 0 Å². The van der Waals surface area contributed by atoms with E-state index in [9.17, 15) is 0 Å². The summed E-state index contributed by atoms with van der Waals surface area (Å²) in [7, 11) is 0. The zero-order valence-corrected chi connectivity index (χ0v) is 5.69. The molecule has 0 saturated carbocycles. The van der Waals surface area contributed by atoms with Crippen LogP contribution in [0.4, 0.5) is 0 Å². The van der Waals surface area contributed by atoms with Gasteiger partial charge in [0, 0.05) is 5.41 Å². The first-order valence-electron chi connectivity index (χ1n) is 2.84. The second-order valence-corrected chi connectivity index (χ2v) is 2.90. The van der Waals surface area contributed by atoms with E-state index >= 15 is 0 Å². The van der Waals surface area contributed by atoms with Crippen LogP contribution in [-0.4, -0.2) is 12.1 Å². The highest BCUT2D eigenvalue weighted by Crippen LogP contribution is 2.09. The monoisotopic (exact) mass is 139 g/mol. The summed E-state index contributed by atoms with van der Waals surface area (Å²) in [6.45, 7) is 0. The van der Waals surface area contributed by atoms with E-state index in [1.807, 2.05) is 24.3 Å². The summed E-state index contributed by atoms with van der Waals surface area (Å²) in [6.07, 6.45) is 5.95. The van der Waals surface area contributed by atoms with Crippen LogP contribution in [0.15, 0.2) is 28.5 Å². The number of quaternary nitrogens is 1. The topological polar surface area (TPSA) is 16.8 Å². The van der Waals surface area contributed by atoms with Gasteiger partial charge in [-0.25, -0.2) is 9.89 Å². The summed E-state index contributed by atoms with van der Waals surface area (Å²) in [4.78, 5) is 5.33. The Morgan fingerprint density at radius 3 is 3.56 bits per heavy atom. The lowest BCUT2D eigenvalue weighted by Gasteiger charge is -2.09. The lowest BCUT2D eigenvalue weighted by atomic mass is 10.5. The highest BCUT2D eigenvalue weighted by atomic mass is 32.2. The van der Waals surface area contributed by atoms with Crippen LogP contribution in [0.25, 0.3) is 0 Å². The predicted octanol–water partition coefficient (Wildman–Crippen LogP) is -0.0274. The molecule has 0 fully saturated rings. The number of fused-ring (bicyclic) bond motifs is 1. The standard InChI is InChI=1S/C6H6N2S/c1-2-9-4-6-3-7-5-8(1)6/h1-3,5H,4H2/p+1. The first-order valence-corrected chi connectivity index (χ1v) is 3.89. The van der Waals surface area contributed by atoms with Crippen molar-refractivity contribution in [3.8, 4) is 0 Å². The zero-order valence-electron chi connectivity index (χ0n) is 4.87. The Labute approximate surface area is 58.0 Å². The molecule has 46 valence electrons. The quantitative estimate of drug-likeness (QED) is 0.499. The minimum Gasteiger partial charge on any atom is -0.235 e. The van der Waals surface area contributed by atoms with Gasteiger partial charge in [0.05, 0.1) is 12.0 Å². The number of aliphatic imine (C=N–C) groups is 1. The van der Waals surface area contributed by atoms with E-state index < -0.39 is 0 Å². The van der Waals surface area contributed by atoms with Crippen molar-refractivity contribution in [2.75, 3.05) is 5.75 Å². The van der Waals surface area contributed by atoms with Crippen LogP contribution in [0.2, 0.25) is 0 Å². The summed E-state index contributed by atoms with van der Waals surface area (Å²) in [5.74, 6) is 1.09. The van der Waals surface area contributed by atoms with Gasteiger partial charge >= 0.3 is 0 Å². The summed E-state index contributed by atoms with van der Waals surface area (Å²) in [6, 6.07) is 0. The van der Waals surface area contributed by atoms with E-state index in [1.165, 1.54) is 10.6 Å². The lowest BCUT2D eigenvalue weighted by molar-refractivity contribution is -0.688. The van der Waals surface area contributed by atoms with E-state index in [0.29, 0.717) is 0 Å². The molecule has 2 aliphatic heterocycles. The normalized spacial score (nSPS) is 30.2. The fourth-order valence-corrected chi connectivity index (χ4v) is 1.65. The van der Waals surface area contributed by atoms with Crippen molar-refractivity contribution < 1.29 is 4.90 Å². The maximum Gasteiger partial charge on any atom is 0.198 e. The molecule has 2 heterocycles. The van der Waals surface area contributed by atoms with Gasteiger partial charge in [-0.15, -0.1) is 11.8 Å². The largest absolute Gasteiger partial charge is 0.235 e. The average Bonchev–Trinajstić information content (AvgIpc) is 2.33. The molecule has 3 heteroatoms. The number of nitrogens with zero attached hydrogens (tertiary/aromatic N) is 1. The maximum absolute atomic E-state index is 4.04. The van der Waals surface area contributed by atoms with Crippen molar-refractivity contribution in [1.82, 2.24) is 0 Å². The predicted molar refractivity (Wildman–Crippen MR) is 39.1 cm³/mol. The second-order valence-electron chi connectivity index (χ2n) is 2.00. The van der Waals surface area contributed by atoms with Crippen LogP contribution in [0.1, 0.15) is 0 Å². The van der Waals surface area contributed by atoms with Crippen LogP contribution in [0, 0.1) is 0 Å². The Morgan fingerprint density at radius 1 is 1.67 bits per heavy atom. The van der Waals surface area contributed by atoms with Crippen LogP contribution < -0.4 is 4.90 Å². The van der Waals surface area contributed by atoms with Crippen molar-refractivity contribution in [2.24, 2.45) is 4.99 Å². The molecule has 0 aromatic carbocycles. The van der Waals surface area contributed by atoms with Gasteiger partial charge in [-0.1, -0.05) is 0 Å². The molecule has 0 bridgehead atoms. The van der Waals surface area contributed by atoms with E-state index in [0.717, 1.165) is 5.75 Å². The SMILES string of the molecule is C1=C[NH+]2C=NC=C2CS1. The van der Waals surface area contributed by atoms with Gasteiger partial charge in [0.15, 0.2) is 6.34 Å². The summed E-state index contributed by atoms with van der Waals surface area (Å²) < 4.78 is 0. The number of hydrogen-bond acceptors (Lipinski definition) is 2. The maximum atomic E-state index is 4.04. The molecule has 0 aliphatic carbocycles. The Hall–Kier alpha value is -0.540. The molecule has 2 rings (SSSR count). The van der Waals surface area contributed by atoms with Crippen molar-refractivity contribution in [3.05, 3.63) is 23.5 Å². The molecular formula is C6H7N2S+. The number of hydrogen-bond donors (Lipinski definition) is 1. The number of nitrogens with one attached hydrogen (secondary N) is 1. The van der Waals surface area contributed by atoms with Gasteiger partial charge in [-0.2, -0.15) is 0 Å². The Balaban J connectivity index is 2.31. The molecule has 1 unspecified atom stereocenters. The number of thioether (sulfide) groups is 1. The molecule has 1 N–H and O–H groups in total. The molecule has 0 spiro atoms. The van der Waals surface area contributed by atoms with Gasteiger partial charge in [0.25, 0.3) is 0 Å². The van der Waals surface area contributed by atoms with Crippen LogP contribution >= 0.6 is 11.8 Å². The lowest BCUT2D eigenvalue weighted by Crippen LogP contribution is -3.04. The third-order valence-electron chi connectivity index (χ3n) is 1.40. The molecule has 9 heavy (non-hydrogen) atoms. The van der Waals surface area contributed by atoms with Gasteiger partial charge in [0.1, 0.15) is 11.9 Å². The molecule has 0 radical (unpaired) electrons. The van der Waals surface area contributed by atoms with Gasteiger partial charge in [-0.05, 0) is 0 Å². The van der Waals surface area contributed by atoms with E-state index in [2.05, 4.69) is 16.6 Å². The van der Waals surface area contributed by atoms with E-state index in [-0.39, 0.29) is 0 Å². The molecule has 2 aliphatic rings. The minimum atomic E-state index is 1.09. The summed E-state index contributed by atoms with van der Waals surface area (Å²) in [5.41, 5.74) is 1.36. The smallest absolute Gasteiger partial charge is 0.198 e. The minimum absolute atomic E-state index is 1.09. The Bertz CT molecular complexity index is 205. The number of rotatable bonds is 0. The van der Waals surface area contributed by atoms with Crippen LogP contribution in [-0.2, 0) is 0 Å². The molecule has 1 atom stereocenters. The average molecular weight is 139 g/mol. The van der Waals surface area contributed by atoms with Gasteiger partial charge in [-0.3, -0.25) is 0 Å². The Kier molecular flexibility index (Phi) is 1.17. The second kappa shape index (κ2) is 2.01. The Morgan fingerprint density at radius 2 is 2.67 bits per heavy atom. The van der Waals surface area contributed by atoms with Crippen molar-refractivity contribution in [1.29, 1.82) is 0 Å². The van der Waals surface area contributed by atoms with Crippen LogP contribution in [0.3, 0.4) is 0 Å². The van der Waals surface area contributed by atoms with Gasteiger partial charge in [0.2, 0.25) is 0 Å². The van der Waals surface area contributed by atoms with E-state index in [1.54, 1.807) is 0 Å². The highest BCUT2D eigenvalue weighted by molar-refractivity contribution is 8.02. The van der Waals surface area contributed by atoms with Crippen molar-refractivity contribution in [2.45, 2.75) is 0 Å². The summed E-state index contributed by atoms with van der Waals surface area (Å²) in [5, 5.41) is 2.12. The zero-order chi connectivity index (χ0) is 6.10. The van der Waals surface area contributed by atoms with Crippen molar-refractivity contribution in [3.63, 3.8) is 0 Å². The first kappa shape index (κ1) is 5.26.